The van der Waals surface area contributed by atoms with E-state index in [4.69, 9.17) is 5.73 Å². The van der Waals surface area contributed by atoms with Crippen molar-refractivity contribution in [3.63, 3.8) is 0 Å². The summed E-state index contributed by atoms with van der Waals surface area (Å²) in [6, 6.07) is 3.67. The van der Waals surface area contributed by atoms with E-state index < -0.39 is 11.6 Å². The summed E-state index contributed by atoms with van der Waals surface area (Å²) in [5.41, 5.74) is 6.12. The number of hydrogen-bond acceptors (Lipinski definition) is 2. The van der Waals surface area contributed by atoms with Crippen LogP contribution < -0.4 is 5.73 Å². The van der Waals surface area contributed by atoms with Gasteiger partial charge in [0.2, 0.25) is 0 Å². The first-order valence-corrected chi connectivity index (χ1v) is 7.36. The Morgan fingerprint density at radius 2 is 1.70 bits per heavy atom. The normalized spacial score (nSPS) is 19.1. The summed E-state index contributed by atoms with van der Waals surface area (Å²) >= 11 is 0. The van der Waals surface area contributed by atoms with Crippen LogP contribution in [0.1, 0.15) is 38.7 Å². The first kappa shape index (κ1) is 15.4. The summed E-state index contributed by atoms with van der Waals surface area (Å²) in [6.07, 6.45) is 3.82. The minimum atomic E-state index is -0.505. The molecular weight excluding hydrogens is 258 g/mol. The molecule has 1 aliphatic heterocycles. The smallest absolute Gasteiger partial charge is 0.129 e. The topological polar surface area (TPSA) is 29.3 Å². The molecule has 1 atom stereocenters. The molecule has 2 rings (SSSR count). The number of likely N-dealkylation sites (tertiary alicyclic amines) is 1. The Labute approximate surface area is 120 Å². The van der Waals surface area contributed by atoms with Crippen LogP contribution in [0.25, 0.3) is 0 Å². The van der Waals surface area contributed by atoms with Crippen molar-refractivity contribution in [2.45, 2.75) is 51.1 Å². The van der Waals surface area contributed by atoms with Crippen LogP contribution in [0.5, 0.6) is 0 Å². The zero-order valence-corrected chi connectivity index (χ0v) is 12.3. The van der Waals surface area contributed by atoms with Crippen LogP contribution in [0.3, 0.4) is 0 Å². The third kappa shape index (κ3) is 3.18. The zero-order valence-electron chi connectivity index (χ0n) is 12.3. The molecule has 1 unspecified atom stereocenters. The number of rotatable bonds is 4. The maximum Gasteiger partial charge on any atom is 0.129 e. The van der Waals surface area contributed by atoms with Gasteiger partial charge in [-0.05, 0) is 58.3 Å². The SMILES string of the molecule is CC(C)(C(N)Cc1c(F)cccc1F)N1CCCCC1. The molecular formula is C16H24F2N2. The molecule has 0 spiro atoms. The molecule has 1 aromatic carbocycles. The van der Waals surface area contributed by atoms with Gasteiger partial charge < -0.3 is 5.73 Å². The van der Waals surface area contributed by atoms with Crippen molar-refractivity contribution in [3.8, 4) is 0 Å². The highest BCUT2D eigenvalue weighted by atomic mass is 19.1. The molecule has 2 nitrogen and oxygen atoms in total. The van der Waals surface area contributed by atoms with E-state index in [0.717, 1.165) is 13.1 Å². The molecule has 2 N–H and O–H groups in total. The Morgan fingerprint density at radius 3 is 2.25 bits per heavy atom. The van der Waals surface area contributed by atoms with Crippen LogP contribution in [0.2, 0.25) is 0 Å². The Bertz CT molecular complexity index is 434. The van der Waals surface area contributed by atoms with Crippen molar-refractivity contribution in [2.75, 3.05) is 13.1 Å². The molecule has 4 heteroatoms. The van der Waals surface area contributed by atoms with Gasteiger partial charge >= 0.3 is 0 Å². The van der Waals surface area contributed by atoms with Crippen molar-refractivity contribution >= 4 is 0 Å². The fourth-order valence-electron chi connectivity index (χ4n) is 2.90. The van der Waals surface area contributed by atoms with Crippen LogP contribution in [0.15, 0.2) is 18.2 Å². The van der Waals surface area contributed by atoms with Gasteiger partial charge in [-0.2, -0.15) is 0 Å². The van der Waals surface area contributed by atoms with Crippen molar-refractivity contribution in [3.05, 3.63) is 35.4 Å². The summed E-state index contributed by atoms with van der Waals surface area (Å²) in [4.78, 5) is 2.35. The monoisotopic (exact) mass is 282 g/mol. The fourth-order valence-corrected chi connectivity index (χ4v) is 2.90. The Morgan fingerprint density at radius 1 is 1.15 bits per heavy atom. The van der Waals surface area contributed by atoms with Crippen molar-refractivity contribution in [1.29, 1.82) is 0 Å². The van der Waals surface area contributed by atoms with Gasteiger partial charge in [0, 0.05) is 17.1 Å². The van der Waals surface area contributed by atoms with Crippen LogP contribution in [-0.4, -0.2) is 29.6 Å². The molecule has 1 fully saturated rings. The quantitative estimate of drug-likeness (QED) is 0.919. The van der Waals surface area contributed by atoms with Gasteiger partial charge in [0.15, 0.2) is 0 Å². The minimum absolute atomic E-state index is 0.102. The molecule has 1 heterocycles. The van der Waals surface area contributed by atoms with Crippen LogP contribution in [0, 0.1) is 11.6 Å². The van der Waals surface area contributed by atoms with Gasteiger partial charge in [0.1, 0.15) is 11.6 Å². The van der Waals surface area contributed by atoms with E-state index in [1.165, 1.54) is 37.5 Å². The number of halogens is 2. The summed E-state index contributed by atoms with van der Waals surface area (Å²) in [5.74, 6) is -1.01. The molecule has 0 amide bonds. The lowest BCUT2D eigenvalue weighted by Crippen LogP contribution is -2.58. The maximum atomic E-state index is 13.7. The number of benzene rings is 1. The molecule has 0 saturated carbocycles. The Balaban J connectivity index is 2.12. The van der Waals surface area contributed by atoms with E-state index in [-0.39, 0.29) is 23.6 Å². The van der Waals surface area contributed by atoms with Crippen LogP contribution in [0.4, 0.5) is 8.78 Å². The molecule has 1 saturated heterocycles. The summed E-state index contributed by atoms with van der Waals surface area (Å²) < 4.78 is 27.5. The Hall–Kier alpha value is -1.00. The largest absolute Gasteiger partial charge is 0.326 e. The van der Waals surface area contributed by atoms with Gasteiger partial charge in [0.05, 0.1) is 0 Å². The van der Waals surface area contributed by atoms with Crippen LogP contribution >= 0.6 is 0 Å². The summed E-state index contributed by atoms with van der Waals surface area (Å²) in [6.45, 7) is 6.17. The van der Waals surface area contributed by atoms with Crippen molar-refractivity contribution in [1.82, 2.24) is 4.90 Å². The van der Waals surface area contributed by atoms with Gasteiger partial charge in [-0.25, -0.2) is 8.78 Å². The molecule has 0 aliphatic carbocycles. The third-order valence-corrected chi connectivity index (χ3v) is 4.56. The zero-order chi connectivity index (χ0) is 14.8. The molecule has 0 radical (unpaired) electrons. The number of nitrogens with zero attached hydrogens (tertiary/aromatic N) is 1. The standard InChI is InChI=1S/C16H24F2N2/c1-16(2,20-9-4-3-5-10-20)15(19)11-12-13(17)7-6-8-14(12)18/h6-8,15H,3-5,9-11,19H2,1-2H3. The van der Waals surface area contributed by atoms with Gasteiger partial charge in [-0.1, -0.05) is 12.5 Å². The number of hydrogen-bond donors (Lipinski definition) is 1. The van der Waals surface area contributed by atoms with E-state index >= 15 is 0 Å². The van der Waals surface area contributed by atoms with Crippen molar-refractivity contribution < 1.29 is 8.78 Å². The summed E-state index contributed by atoms with van der Waals surface area (Å²) in [5, 5.41) is 0. The third-order valence-electron chi connectivity index (χ3n) is 4.56. The molecule has 1 aliphatic rings. The maximum absolute atomic E-state index is 13.7. The average molecular weight is 282 g/mol. The molecule has 20 heavy (non-hydrogen) atoms. The molecule has 112 valence electrons. The number of piperidine rings is 1. The van der Waals surface area contributed by atoms with Crippen molar-refractivity contribution in [2.24, 2.45) is 5.73 Å². The van der Waals surface area contributed by atoms with E-state index in [1.54, 1.807) is 0 Å². The lowest BCUT2D eigenvalue weighted by atomic mass is 9.86. The van der Waals surface area contributed by atoms with E-state index in [0.29, 0.717) is 0 Å². The number of nitrogens with two attached hydrogens (primary N) is 1. The molecule has 0 bridgehead atoms. The van der Waals surface area contributed by atoms with E-state index in [1.807, 2.05) is 0 Å². The second-order valence-corrected chi connectivity index (χ2v) is 6.21. The van der Waals surface area contributed by atoms with Gasteiger partial charge in [0.25, 0.3) is 0 Å². The molecule has 1 aromatic rings. The highest BCUT2D eigenvalue weighted by Gasteiger charge is 2.34. The predicted molar refractivity (Wildman–Crippen MR) is 77.5 cm³/mol. The first-order chi connectivity index (χ1) is 9.43. The first-order valence-electron chi connectivity index (χ1n) is 7.36. The lowest BCUT2D eigenvalue weighted by molar-refractivity contribution is 0.0726. The second-order valence-electron chi connectivity index (χ2n) is 6.21. The van der Waals surface area contributed by atoms with Gasteiger partial charge in [-0.3, -0.25) is 4.90 Å². The van der Waals surface area contributed by atoms with E-state index in [2.05, 4.69) is 18.7 Å². The minimum Gasteiger partial charge on any atom is -0.326 e. The lowest BCUT2D eigenvalue weighted by Gasteiger charge is -2.44. The summed E-state index contributed by atoms with van der Waals surface area (Å²) in [7, 11) is 0. The highest BCUT2D eigenvalue weighted by molar-refractivity contribution is 5.21. The fraction of sp³-hybridized carbons (Fsp3) is 0.625. The Kier molecular flexibility index (Phi) is 4.76. The van der Waals surface area contributed by atoms with Gasteiger partial charge in [-0.15, -0.1) is 0 Å². The highest BCUT2D eigenvalue weighted by Crippen LogP contribution is 2.26. The van der Waals surface area contributed by atoms with Crippen LogP contribution in [-0.2, 0) is 6.42 Å². The predicted octanol–water partition coefficient (Wildman–Crippen LogP) is 3.10. The second kappa shape index (κ2) is 6.19. The average Bonchev–Trinajstić information content (AvgIpc) is 2.43. The molecule has 0 aromatic heterocycles. The van der Waals surface area contributed by atoms with E-state index in [9.17, 15) is 8.78 Å².